The largest absolute Gasteiger partial charge is 0.402 e. The van der Waals surface area contributed by atoms with Crippen molar-refractivity contribution >= 4 is 6.21 Å². The molecule has 3 nitrogen and oxygen atoms in total. The first kappa shape index (κ1) is 18.7. The van der Waals surface area contributed by atoms with E-state index in [1.54, 1.807) is 6.92 Å². The third-order valence-corrected chi connectivity index (χ3v) is 2.02. The van der Waals surface area contributed by atoms with Gasteiger partial charge < -0.3 is 11.1 Å². The first-order valence-electron chi connectivity index (χ1n) is 6.33. The lowest BCUT2D eigenvalue weighted by atomic mass is 10.0. The molecule has 102 valence electrons. The van der Waals surface area contributed by atoms with Gasteiger partial charge in [0.15, 0.2) is 0 Å². The number of pyridine rings is 1. The van der Waals surface area contributed by atoms with Crippen molar-refractivity contribution in [3.63, 3.8) is 0 Å². The zero-order valence-corrected chi connectivity index (χ0v) is 12.5. The second-order valence-electron chi connectivity index (χ2n) is 3.91. The van der Waals surface area contributed by atoms with Crippen molar-refractivity contribution < 1.29 is 0 Å². The van der Waals surface area contributed by atoms with Gasteiger partial charge in [0.25, 0.3) is 0 Å². The molecule has 0 bridgehead atoms. The summed E-state index contributed by atoms with van der Waals surface area (Å²) in [4.78, 5) is 4.20. The number of aryl methyl sites for hydroxylation is 1. The fourth-order valence-electron chi connectivity index (χ4n) is 1.24. The van der Waals surface area contributed by atoms with Crippen molar-refractivity contribution in [1.82, 2.24) is 4.98 Å². The Balaban J connectivity index is 0. The Labute approximate surface area is 112 Å². The summed E-state index contributed by atoms with van der Waals surface area (Å²) in [6.45, 7) is 12.2. The summed E-state index contributed by atoms with van der Waals surface area (Å²) in [5, 5.41) is 6.45. The summed E-state index contributed by atoms with van der Waals surface area (Å²) in [5.41, 5.74) is 8.28. The zero-order valence-electron chi connectivity index (χ0n) is 12.5. The number of hydrogen-bond acceptors (Lipinski definition) is 3. The number of nitrogens with one attached hydrogen (secondary N) is 1. The van der Waals surface area contributed by atoms with Crippen LogP contribution in [0.1, 0.15) is 51.8 Å². The molecule has 0 aliphatic rings. The maximum absolute atomic E-state index is 6.45. The maximum Gasteiger partial charge on any atom is 0.0407 e. The molecule has 3 heteroatoms. The molecule has 0 atom stereocenters. The second-order valence-corrected chi connectivity index (χ2v) is 3.91. The van der Waals surface area contributed by atoms with E-state index >= 15 is 0 Å². The molecule has 1 aromatic rings. The third-order valence-electron chi connectivity index (χ3n) is 2.02. The standard InChI is InChI=1S/C9H13N.C4H8N2.C2H6/c1-7(2)9-5-4-6-10-8(9)3;1-4(6)2-3-5;1-2/h4-7H,1-3H3;2-3,5H,6H2,1H3;1-2H3/b;4-2-,5-3?;. The Morgan fingerprint density at radius 3 is 2.17 bits per heavy atom. The highest BCUT2D eigenvalue weighted by Gasteiger charge is 2.00. The molecule has 0 spiro atoms. The molecule has 0 aromatic carbocycles. The summed E-state index contributed by atoms with van der Waals surface area (Å²) in [6.07, 6.45) is 4.52. The van der Waals surface area contributed by atoms with Crippen LogP contribution in [-0.4, -0.2) is 11.2 Å². The fraction of sp³-hybridized carbons (Fsp3) is 0.467. The molecule has 0 amide bonds. The molecule has 1 rings (SSSR count). The van der Waals surface area contributed by atoms with Crippen LogP contribution in [0, 0.1) is 12.3 Å². The molecular formula is C15H27N3. The molecule has 18 heavy (non-hydrogen) atoms. The lowest BCUT2D eigenvalue weighted by Crippen LogP contribution is -1.92. The van der Waals surface area contributed by atoms with Crippen molar-refractivity contribution in [3.8, 4) is 0 Å². The van der Waals surface area contributed by atoms with Gasteiger partial charge in [-0.3, -0.25) is 4.98 Å². The quantitative estimate of drug-likeness (QED) is 0.777. The average molecular weight is 249 g/mol. The molecule has 0 saturated carbocycles. The van der Waals surface area contributed by atoms with Gasteiger partial charge in [0.1, 0.15) is 0 Å². The van der Waals surface area contributed by atoms with E-state index in [2.05, 4.69) is 31.8 Å². The minimum absolute atomic E-state index is 0.591. The normalized spacial score (nSPS) is 9.83. The fourth-order valence-corrected chi connectivity index (χ4v) is 1.24. The third kappa shape index (κ3) is 9.58. The van der Waals surface area contributed by atoms with Crippen LogP contribution in [0.4, 0.5) is 0 Å². The van der Waals surface area contributed by atoms with Gasteiger partial charge >= 0.3 is 0 Å². The molecule has 0 aliphatic heterocycles. The van der Waals surface area contributed by atoms with Gasteiger partial charge in [-0.15, -0.1) is 0 Å². The second kappa shape index (κ2) is 11.8. The van der Waals surface area contributed by atoms with Gasteiger partial charge in [-0.05, 0) is 37.5 Å². The zero-order chi connectivity index (χ0) is 14.6. The Kier molecular flexibility index (Phi) is 12.3. The van der Waals surface area contributed by atoms with Crippen LogP contribution in [0.3, 0.4) is 0 Å². The number of rotatable bonds is 2. The van der Waals surface area contributed by atoms with Gasteiger partial charge in [0.05, 0.1) is 0 Å². The summed E-state index contributed by atoms with van der Waals surface area (Å²) in [6, 6.07) is 4.12. The monoisotopic (exact) mass is 249 g/mol. The Morgan fingerprint density at radius 2 is 1.94 bits per heavy atom. The maximum atomic E-state index is 6.45. The molecular weight excluding hydrogens is 222 g/mol. The van der Waals surface area contributed by atoms with E-state index < -0.39 is 0 Å². The van der Waals surface area contributed by atoms with Crippen LogP contribution in [-0.2, 0) is 0 Å². The van der Waals surface area contributed by atoms with E-state index in [9.17, 15) is 0 Å². The Hall–Kier alpha value is -1.64. The van der Waals surface area contributed by atoms with Crippen molar-refractivity contribution in [1.29, 1.82) is 5.41 Å². The number of hydrogen-bond donors (Lipinski definition) is 2. The minimum Gasteiger partial charge on any atom is -0.402 e. The van der Waals surface area contributed by atoms with Gasteiger partial charge in [0.2, 0.25) is 0 Å². The Morgan fingerprint density at radius 1 is 1.39 bits per heavy atom. The highest BCUT2D eigenvalue weighted by molar-refractivity contribution is 5.68. The number of allylic oxidation sites excluding steroid dienone is 2. The molecule has 0 unspecified atom stereocenters. The van der Waals surface area contributed by atoms with Crippen LogP contribution < -0.4 is 5.73 Å². The first-order chi connectivity index (χ1) is 8.49. The lowest BCUT2D eigenvalue weighted by molar-refractivity contribution is 0.843. The summed E-state index contributed by atoms with van der Waals surface area (Å²) in [7, 11) is 0. The summed E-state index contributed by atoms with van der Waals surface area (Å²) in [5.74, 6) is 0.591. The van der Waals surface area contributed by atoms with Crippen LogP contribution in [0.5, 0.6) is 0 Å². The van der Waals surface area contributed by atoms with E-state index in [1.165, 1.54) is 11.6 Å². The lowest BCUT2D eigenvalue weighted by Gasteiger charge is -2.06. The van der Waals surface area contributed by atoms with Crippen molar-refractivity contribution in [2.45, 2.75) is 47.5 Å². The topological polar surface area (TPSA) is 62.8 Å². The van der Waals surface area contributed by atoms with Crippen molar-refractivity contribution in [2.75, 3.05) is 0 Å². The van der Waals surface area contributed by atoms with Crippen molar-refractivity contribution in [3.05, 3.63) is 41.4 Å². The van der Waals surface area contributed by atoms with Crippen LogP contribution in [0.15, 0.2) is 30.1 Å². The van der Waals surface area contributed by atoms with Gasteiger partial charge in [-0.2, -0.15) is 0 Å². The summed E-state index contributed by atoms with van der Waals surface area (Å²) < 4.78 is 0. The van der Waals surface area contributed by atoms with Gasteiger partial charge in [-0.25, -0.2) is 0 Å². The smallest absolute Gasteiger partial charge is 0.0407 e. The SMILES string of the molecule is C/C(N)=C/C=N.CC.Cc1ncccc1C(C)C. The molecule has 1 heterocycles. The van der Waals surface area contributed by atoms with E-state index in [-0.39, 0.29) is 0 Å². The van der Waals surface area contributed by atoms with Crippen LogP contribution >= 0.6 is 0 Å². The molecule has 0 saturated heterocycles. The predicted molar refractivity (Wildman–Crippen MR) is 81.1 cm³/mol. The number of nitrogens with two attached hydrogens (primary N) is 1. The molecule has 0 radical (unpaired) electrons. The van der Waals surface area contributed by atoms with Crippen molar-refractivity contribution in [2.24, 2.45) is 5.73 Å². The average Bonchev–Trinajstić information content (AvgIpc) is 2.32. The number of aromatic nitrogens is 1. The molecule has 1 aromatic heterocycles. The van der Waals surface area contributed by atoms with Gasteiger partial charge in [-0.1, -0.05) is 33.8 Å². The van der Waals surface area contributed by atoms with E-state index in [0.29, 0.717) is 11.6 Å². The Bertz CT molecular complexity index is 351. The van der Waals surface area contributed by atoms with E-state index in [1.807, 2.05) is 26.1 Å². The van der Waals surface area contributed by atoms with E-state index in [0.717, 1.165) is 11.9 Å². The van der Waals surface area contributed by atoms with Gasteiger partial charge in [0, 0.05) is 23.8 Å². The molecule has 0 fully saturated rings. The van der Waals surface area contributed by atoms with E-state index in [4.69, 9.17) is 11.1 Å². The summed E-state index contributed by atoms with van der Waals surface area (Å²) >= 11 is 0. The highest BCUT2D eigenvalue weighted by Crippen LogP contribution is 2.15. The first-order valence-corrected chi connectivity index (χ1v) is 6.33. The predicted octanol–water partition coefficient (Wildman–Crippen LogP) is 4.04. The molecule has 0 aliphatic carbocycles. The highest BCUT2D eigenvalue weighted by atomic mass is 14.7. The minimum atomic E-state index is 0.591. The van der Waals surface area contributed by atoms with Crippen LogP contribution in [0.25, 0.3) is 0 Å². The van der Waals surface area contributed by atoms with Crippen LogP contribution in [0.2, 0.25) is 0 Å². The molecule has 3 N–H and O–H groups in total. The number of nitrogens with zero attached hydrogens (tertiary/aromatic N) is 1.